The van der Waals surface area contributed by atoms with Crippen molar-refractivity contribution in [1.82, 2.24) is 25.1 Å². The van der Waals surface area contributed by atoms with E-state index in [2.05, 4.69) is 15.5 Å². The first kappa shape index (κ1) is 13.6. The van der Waals surface area contributed by atoms with Crippen LogP contribution < -0.4 is 0 Å². The summed E-state index contributed by atoms with van der Waals surface area (Å²) in [7, 11) is 1.77. The van der Waals surface area contributed by atoms with E-state index in [4.69, 9.17) is 5.11 Å². The van der Waals surface area contributed by atoms with Crippen molar-refractivity contribution in [2.75, 3.05) is 7.05 Å². The second-order valence-corrected chi connectivity index (χ2v) is 4.00. The summed E-state index contributed by atoms with van der Waals surface area (Å²) in [5, 5.41) is 20.4. The van der Waals surface area contributed by atoms with Gasteiger partial charge >= 0.3 is 5.97 Å². The number of aliphatic carboxylic acids is 1. The van der Waals surface area contributed by atoms with E-state index in [1.54, 1.807) is 16.6 Å². The monoisotopic (exact) mass is 241 g/mol. The van der Waals surface area contributed by atoms with Gasteiger partial charge in [-0.15, -0.1) is 5.10 Å². The number of aromatic nitrogens is 4. The second kappa shape index (κ2) is 6.29. The number of hydrogen-bond acceptors (Lipinski definition) is 5. The zero-order valence-electron chi connectivity index (χ0n) is 10.5. The topological polar surface area (TPSA) is 84.1 Å². The Balaban J connectivity index is 2.69. The molecule has 0 saturated heterocycles. The summed E-state index contributed by atoms with van der Waals surface area (Å²) in [5.74, 6) is -0.112. The number of carboxylic acids is 1. The normalized spacial score (nSPS) is 12.9. The fraction of sp³-hybridized carbons (Fsp3) is 0.800. The van der Waals surface area contributed by atoms with Crippen molar-refractivity contribution >= 4 is 5.97 Å². The Hall–Kier alpha value is -1.50. The minimum Gasteiger partial charge on any atom is -0.480 e. The van der Waals surface area contributed by atoms with E-state index in [1.807, 2.05) is 13.8 Å². The molecule has 1 rings (SSSR count). The van der Waals surface area contributed by atoms with Gasteiger partial charge in [0.05, 0.1) is 6.54 Å². The highest BCUT2D eigenvalue weighted by Crippen LogP contribution is 2.06. The number of hydrogen-bond donors (Lipinski definition) is 1. The van der Waals surface area contributed by atoms with Gasteiger partial charge in [-0.05, 0) is 30.3 Å². The van der Waals surface area contributed by atoms with Crippen molar-refractivity contribution in [3.05, 3.63) is 5.82 Å². The number of rotatable bonds is 7. The van der Waals surface area contributed by atoms with Gasteiger partial charge in [0.15, 0.2) is 5.82 Å². The van der Waals surface area contributed by atoms with Crippen molar-refractivity contribution in [3.63, 3.8) is 0 Å². The van der Waals surface area contributed by atoms with Gasteiger partial charge in [-0.3, -0.25) is 9.69 Å². The number of carbonyl (C=O) groups is 1. The van der Waals surface area contributed by atoms with Crippen LogP contribution in [0.5, 0.6) is 0 Å². The molecule has 0 spiro atoms. The first-order valence-electron chi connectivity index (χ1n) is 5.78. The molecular weight excluding hydrogens is 222 g/mol. The summed E-state index contributed by atoms with van der Waals surface area (Å²) in [4.78, 5) is 12.8. The van der Waals surface area contributed by atoms with Gasteiger partial charge in [0.1, 0.15) is 6.04 Å². The van der Waals surface area contributed by atoms with Gasteiger partial charge in [-0.25, -0.2) is 4.68 Å². The van der Waals surface area contributed by atoms with E-state index in [0.29, 0.717) is 18.8 Å². The maximum absolute atomic E-state index is 11.0. The molecule has 1 unspecified atom stereocenters. The van der Waals surface area contributed by atoms with Gasteiger partial charge in [-0.1, -0.05) is 13.8 Å². The number of nitrogens with zero attached hydrogens (tertiary/aromatic N) is 5. The molecule has 0 aromatic carbocycles. The lowest BCUT2D eigenvalue weighted by Crippen LogP contribution is -2.38. The van der Waals surface area contributed by atoms with Gasteiger partial charge in [0.2, 0.25) is 0 Å². The molecule has 0 aliphatic carbocycles. The molecular formula is C10H19N5O2. The van der Waals surface area contributed by atoms with E-state index >= 15 is 0 Å². The molecule has 0 aliphatic rings. The van der Waals surface area contributed by atoms with Gasteiger partial charge < -0.3 is 5.11 Å². The lowest BCUT2D eigenvalue weighted by molar-refractivity contribution is -0.143. The molecule has 0 amide bonds. The van der Waals surface area contributed by atoms with E-state index in [1.165, 1.54) is 0 Å². The molecule has 1 heterocycles. The van der Waals surface area contributed by atoms with Crippen LogP contribution in [0.1, 0.15) is 32.5 Å². The number of likely N-dealkylation sites (N-methyl/N-ethyl adjacent to an activating group) is 1. The third kappa shape index (κ3) is 3.48. The third-order valence-corrected chi connectivity index (χ3v) is 2.64. The number of aryl methyl sites for hydroxylation is 1. The lowest BCUT2D eigenvalue weighted by Gasteiger charge is -2.22. The highest BCUT2D eigenvalue weighted by Gasteiger charge is 2.22. The van der Waals surface area contributed by atoms with Crippen LogP contribution in [0.4, 0.5) is 0 Å². The maximum Gasteiger partial charge on any atom is 0.320 e. The third-order valence-electron chi connectivity index (χ3n) is 2.64. The van der Waals surface area contributed by atoms with E-state index in [9.17, 15) is 4.79 Å². The number of carboxylic acid groups (broad SMARTS) is 1. The van der Waals surface area contributed by atoms with Gasteiger partial charge in [-0.2, -0.15) is 0 Å². The van der Waals surface area contributed by atoms with Gasteiger partial charge in [0.25, 0.3) is 0 Å². The van der Waals surface area contributed by atoms with E-state index in [-0.39, 0.29) is 0 Å². The minimum atomic E-state index is -0.815. The van der Waals surface area contributed by atoms with Crippen LogP contribution in [-0.4, -0.2) is 49.3 Å². The maximum atomic E-state index is 11.0. The average Bonchev–Trinajstić information content (AvgIpc) is 2.66. The van der Waals surface area contributed by atoms with Crippen LogP contribution in [0.15, 0.2) is 0 Å². The SMILES string of the molecule is CCCn1nnnc1CN(C)C(CC)C(=O)O. The summed E-state index contributed by atoms with van der Waals surface area (Å²) in [6, 6.07) is -0.498. The fourth-order valence-electron chi connectivity index (χ4n) is 1.73. The van der Waals surface area contributed by atoms with Crippen LogP contribution in [0.25, 0.3) is 0 Å². The van der Waals surface area contributed by atoms with Crippen LogP contribution in [0, 0.1) is 0 Å². The zero-order chi connectivity index (χ0) is 12.8. The standard InChI is InChI=1S/C10H19N5O2/c1-4-6-15-9(11-12-13-15)7-14(3)8(5-2)10(16)17/h8H,4-7H2,1-3H3,(H,16,17). The molecule has 0 aliphatic heterocycles. The highest BCUT2D eigenvalue weighted by atomic mass is 16.4. The molecule has 0 saturated carbocycles. The molecule has 0 fully saturated rings. The van der Waals surface area contributed by atoms with Crippen molar-refractivity contribution < 1.29 is 9.90 Å². The first-order chi connectivity index (χ1) is 8.10. The predicted octanol–water partition coefficient (Wildman–Crippen LogP) is 0.378. The fourth-order valence-corrected chi connectivity index (χ4v) is 1.73. The smallest absolute Gasteiger partial charge is 0.320 e. The van der Waals surface area contributed by atoms with Crippen LogP contribution in [-0.2, 0) is 17.9 Å². The molecule has 1 aromatic heterocycles. The predicted molar refractivity (Wildman–Crippen MR) is 61.3 cm³/mol. The largest absolute Gasteiger partial charge is 0.480 e. The summed E-state index contributed by atoms with van der Waals surface area (Å²) in [6.07, 6.45) is 1.50. The Morgan fingerprint density at radius 2 is 2.24 bits per heavy atom. The first-order valence-corrected chi connectivity index (χ1v) is 5.78. The van der Waals surface area contributed by atoms with Crippen molar-refractivity contribution in [3.8, 4) is 0 Å². The second-order valence-electron chi connectivity index (χ2n) is 4.00. The molecule has 7 heteroatoms. The molecule has 1 aromatic rings. The molecule has 1 atom stereocenters. The Kier molecular flexibility index (Phi) is 5.02. The Bertz CT molecular complexity index is 365. The minimum absolute atomic E-state index is 0.442. The van der Waals surface area contributed by atoms with Crippen molar-refractivity contribution in [1.29, 1.82) is 0 Å². The van der Waals surface area contributed by atoms with Crippen LogP contribution in [0.3, 0.4) is 0 Å². The zero-order valence-corrected chi connectivity index (χ0v) is 10.5. The molecule has 7 nitrogen and oxygen atoms in total. The number of tetrazole rings is 1. The molecule has 17 heavy (non-hydrogen) atoms. The van der Waals surface area contributed by atoms with Gasteiger partial charge in [0, 0.05) is 6.54 Å². The lowest BCUT2D eigenvalue weighted by atomic mass is 10.2. The van der Waals surface area contributed by atoms with Crippen LogP contribution in [0.2, 0.25) is 0 Å². The average molecular weight is 241 g/mol. The molecule has 0 bridgehead atoms. The Labute approximate surface area is 100 Å². The highest BCUT2D eigenvalue weighted by molar-refractivity contribution is 5.73. The summed E-state index contributed by atoms with van der Waals surface area (Å²) in [5.41, 5.74) is 0. The molecule has 1 N–H and O–H groups in total. The molecule has 96 valence electrons. The summed E-state index contributed by atoms with van der Waals surface area (Å²) < 4.78 is 1.71. The van der Waals surface area contributed by atoms with Crippen LogP contribution >= 0.6 is 0 Å². The van der Waals surface area contributed by atoms with Crippen molar-refractivity contribution in [2.45, 2.75) is 45.8 Å². The quantitative estimate of drug-likeness (QED) is 0.743. The molecule has 0 radical (unpaired) electrons. The van der Waals surface area contributed by atoms with E-state index in [0.717, 1.165) is 13.0 Å². The van der Waals surface area contributed by atoms with Crippen molar-refractivity contribution in [2.24, 2.45) is 0 Å². The summed E-state index contributed by atoms with van der Waals surface area (Å²) >= 11 is 0. The Morgan fingerprint density at radius 3 is 2.76 bits per heavy atom. The summed E-state index contributed by atoms with van der Waals surface area (Å²) in [6.45, 7) is 5.09. The Morgan fingerprint density at radius 1 is 1.53 bits per heavy atom. The van der Waals surface area contributed by atoms with E-state index < -0.39 is 12.0 Å².